The fraction of sp³-hybridized carbons (Fsp3) is 0.500. The molecule has 0 unspecified atom stereocenters. The van der Waals surface area contributed by atoms with E-state index in [1.54, 1.807) is 12.1 Å². The number of nitrogens with zero attached hydrogens (tertiary/aromatic N) is 5. The molecular weight excluding hydrogens is 379 g/mol. The van der Waals surface area contributed by atoms with Gasteiger partial charge < -0.3 is 4.90 Å². The molecule has 1 aliphatic heterocycles. The lowest BCUT2D eigenvalue weighted by molar-refractivity contribution is -0.182. The minimum Gasteiger partial charge on any atom is -0.326 e. The van der Waals surface area contributed by atoms with E-state index in [1.807, 2.05) is 23.1 Å². The van der Waals surface area contributed by atoms with E-state index in [0.29, 0.717) is 30.1 Å². The predicted octanol–water partition coefficient (Wildman–Crippen LogP) is 6.12. The van der Waals surface area contributed by atoms with E-state index >= 15 is 0 Å². The second-order valence-corrected chi connectivity index (χ2v) is 7.17. The molecule has 0 radical (unpaired) electrons. The Morgan fingerprint density at radius 1 is 1.19 bits per heavy atom. The predicted molar refractivity (Wildman–Crippen MR) is 99.8 cm³/mol. The maximum absolute atomic E-state index is 13.0. The largest absolute Gasteiger partial charge is 0.391 e. The van der Waals surface area contributed by atoms with E-state index in [9.17, 15) is 13.2 Å². The van der Waals surface area contributed by atoms with Crippen molar-refractivity contribution in [2.75, 3.05) is 18.0 Å². The Bertz CT molecular complexity index is 773. The third kappa shape index (κ3) is 4.76. The highest BCUT2D eigenvalue weighted by atomic mass is 35.5. The third-order valence-electron chi connectivity index (χ3n) is 5.03. The zero-order valence-corrected chi connectivity index (χ0v) is 15.3. The lowest BCUT2D eigenvalue weighted by Crippen LogP contribution is -2.41. The first-order valence-electron chi connectivity index (χ1n) is 8.76. The number of amidine groups is 1. The number of anilines is 1. The maximum Gasteiger partial charge on any atom is 0.391 e. The summed E-state index contributed by atoms with van der Waals surface area (Å²) in [6.45, 7) is 0.655. The molecule has 27 heavy (non-hydrogen) atoms. The highest BCUT2D eigenvalue weighted by Gasteiger charge is 2.42. The summed E-state index contributed by atoms with van der Waals surface area (Å²) in [6.07, 6.45) is -1.19. The van der Waals surface area contributed by atoms with Crippen molar-refractivity contribution in [1.29, 1.82) is 0 Å². The van der Waals surface area contributed by atoms with Crippen LogP contribution in [0.1, 0.15) is 25.7 Å². The van der Waals surface area contributed by atoms with Crippen LogP contribution in [0.2, 0.25) is 5.02 Å². The van der Waals surface area contributed by atoms with Crippen LogP contribution in [-0.2, 0) is 0 Å². The van der Waals surface area contributed by atoms with Gasteiger partial charge >= 0.3 is 6.18 Å². The molecule has 0 amide bonds. The second kappa shape index (κ2) is 8.23. The number of halogens is 4. The van der Waals surface area contributed by atoms with E-state index in [0.717, 1.165) is 11.5 Å². The highest BCUT2D eigenvalue weighted by molar-refractivity contribution is 6.30. The maximum atomic E-state index is 13.0. The van der Waals surface area contributed by atoms with Crippen molar-refractivity contribution >= 4 is 23.1 Å². The lowest BCUT2D eigenvalue weighted by Gasteiger charge is -2.37. The first-order valence-corrected chi connectivity index (χ1v) is 9.14. The molecule has 1 fully saturated rings. The molecule has 0 N–H and O–H groups in total. The minimum absolute atomic E-state index is 0.0611. The van der Waals surface area contributed by atoms with Crippen molar-refractivity contribution in [2.45, 2.75) is 31.9 Å². The summed E-state index contributed by atoms with van der Waals surface area (Å²) in [4.78, 5) is 9.38. The van der Waals surface area contributed by atoms with Crippen molar-refractivity contribution in [3.05, 3.63) is 51.5 Å². The van der Waals surface area contributed by atoms with Gasteiger partial charge in [0.2, 0.25) is 0 Å². The molecule has 9 heteroatoms. The van der Waals surface area contributed by atoms with Gasteiger partial charge in [-0.1, -0.05) is 16.7 Å². The highest BCUT2D eigenvalue weighted by Crippen LogP contribution is 2.41. The molecule has 5 nitrogen and oxygen atoms in total. The Balaban J connectivity index is 1.83. The second-order valence-electron chi connectivity index (χ2n) is 6.73. The van der Waals surface area contributed by atoms with Crippen LogP contribution in [0.25, 0.3) is 10.4 Å². The normalized spacial score (nSPS) is 23.3. The molecule has 1 saturated carbocycles. The van der Waals surface area contributed by atoms with Crippen LogP contribution in [0, 0.1) is 11.8 Å². The van der Waals surface area contributed by atoms with E-state index < -0.39 is 12.1 Å². The van der Waals surface area contributed by atoms with E-state index in [1.165, 1.54) is 0 Å². The number of hydrogen-bond acceptors (Lipinski definition) is 3. The van der Waals surface area contributed by atoms with Gasteiger partial charge in [-0.2, -0.15) is 13.2 Å². The van der Waals surface area contributed by atoms with Crippen molar-refractivity contribution in [3.63, 3.8) is 0 Å². The van der Waals surface area contributed by atoms with Crippen LogP contribution >= 0.6 is 11.6 Å². The fourth-order valence-electron chi connectivity index (χ4n) is 3.60. The first-order chi connectivity index (χ1) is 12.9. The standard InChI is InChI=1S/C18H19ClF3N5/c19-14-5-7-16(8-6-14)27-10-9-15(11-24-26-23)25-17(27)12-1-3-13(4-2-12)18(20,21)22/h5-9,12-13H,1-4,10-11H2. The van der Waals surface area contributed by atoms with Crippen LogP contribution in [-0.4, -0.2) is 25.1 Å². The van der Waals surface area contributed by atoms with Crippen LogP contribution in [0.4, 0.5) is 18.9 Å². The molecule has 1 aliphatic carbocycles. The molecule has 0 spiro atoms. The van der Waals surface area contributed by atoms with E-state index in [2.05, 4.69) is 15.0 Å². The minimum atomic E-state index is -4.14. The molecule has 1 heterocycles. The summed E-state index contributed by atoms with van der Waals surface area (Å²) in [5, 5.41) is 4.16. The summed E-state index contributed by atoms with van der Waals surface area (Å²) in [7, 11) is 0. The van der Waals surface area contributed by atoms with Gasteiger partial charge in [0.05, 0.1) is 12.5 Å². The van der Waals surface area contributed by atoms with Crippen LogP contribution in [0.5, 0.6) is 0 Å². The number of alkyl halides is 3. The van der Waals surface area contributed by atoms with Gasteiger partial charge in [0, 0.05) is 33.8 Å². The number of rotatable bonds is 4. The van der Waals surface area contributed by atoms with Gasteiger partial charge in [0.1, 0.15) is 5.84 Å². The smallest absolute Gasteiger partial charge is 0.326 e. The summed E-state index contributed by atoms with van der Waals surface area (Å²) in [5.74, 6) is -0.558. The van der Waals surface area contributed by atoms with Crippen molar-refractivity contribution in [2.24, 2.45) is 21.9 Å². The van der Waals surface area contributed by atoms with Gasteiger partial charge in [0.15, 0.2) is 0 Å². The van der Waals surface area contributed by atoms with Gasteiger partial charge in [0.25, 0.3) is 0 Å². The molecule has 0 aromatic heterocycles. The summed E-state index contributed by atoms with van der Waals surface area (Å²) in [5.41, 5.74) is 10.1. The molecular formula is C18H19ClF3N5. The molecule has 0 atom stereocenters. The first kappa shape index (κ1) is 19.6. The Labute approximate surface area is 160 Å². The average Bonchev–Trinajstić information content (AvgIpc) is 2.66. The monoisotopic (exact) mass is 397 g/mol. The molecule has 0 saturated heterocycles. The Hall–Kier alpha value is -2.18. The Morgan fingerprint density at radius 3 is 2.44 bits per heavy atom. The number of benzene rings is 1. The molecule has 144 valence electrons. The Kier molecular flexibility index (Phi) is 5.97. The van der Waals surface area contributed by atoms with E-state index in [4.69, 9.17) is 17.1 Å². The SMILES string of the molecule is [N-]=[N+]=NCC1=CCN(c2ccc(Cl)cc2)C(C2CCC(C(F)(F)F)CC2)=N1. The molecule has 0 bridgehead atoms. The van der Waals surface area contributed by atoms with Gasteiger partial charge in [-0.3, -0.25) is 0 Å². The number of hydrogen-bond donors (Lipinski definition) is 0. The van der Waals surface area contributed by atoms with Crippen LogP contribution in [0.15, 0.2) is 46.1 Å². The topological polar surface area (TPSA) is 64.4 Å². The fourth-order valence-corrected chi connectivity index (χ4v) is 3.72. The summed E-state index contributed by atoms with van der Waals surface area (Å²) < 4.78 is 38.9. The quantitative estimate of drug-likeness (QED) is 0.343. The average molecular weight is 398 g/mol. The van der Waals surface area contributed by atoms with Crippen molar-refractivity contribution < 1.29 is 13.2 Å². The third-order valence-corrected chi connectivity index (χ3v) is 5.29. The molecule has 1 aromatic rings. The van der Waals surface area contributed by atoms with Crippen LogP contribution < -0.4 is 4.90 Å². The summed E-state index contributed by atoms with van der Waals surface area (Å²) >= 11 is 5.96. The number of aliphatic imine (C=N–C) groups is 1. The Morgan fingerprint density at radius 2 is 1.85 bits per heavy atom. The van der Waals surface area contributed by atoms with Gasteiger partial charge in [-0.05, 0) is 61.6 Å². The molecule has 3 rings (SSSR count). The molecule has 1 aromatic carbocycles. The van der Waals surface area contributed by atoms with Crippen LogP contribution in [0.3, 0.4) is 0 Å². The lowest BCUT2D eigenvalue weighted by atomic mass is 9.80. The van der Waals surface area contributed by atoms with Crippen molar-refractivity contribution in [3.8, 4) is 0 Å². The van der Waals surface area contributed by atoms with Gasteiger partial charge in [-0.15, -0.1) is 0 Å². The van der Waals surface area contributed by atoms with Gasteiger partial charge in [-0.25, -0.2) is 4.99 Å². The van der Waals surface area contributed by atoms with Crippen molar-refractivity contribution in [1.82, 2.24) is 0 Å². The molecule has 2 aliphatic rings. The van der Waals surface area contributed by atoms with E-state index in [-0.39, 0.29) is 25.3 Å². The zero-order valence-electron chi connectivity index (χ0n) is 14.5. The number of azide groups is 1. The zero-order chi connectivity index (χ0) is 19.4. The summed E-state index contributed by atoms with van der Waals surface area (Å²) in [6, 6.07) is 7.28.